The number of benzene rings is 1. The maximum Gasteiger partial charge on any atom is 0.252 e. The van der Waals surface area contributed by atoms with E-state index < -0.39 is 17.8 Å². The molecule has 0 spiro atoms. The van der Waals surface area contributed by atoms with E-state index in [0.29, 0.717) is 51.5 Å². The number of imidazole rings is 1. The monoisotopic (exact) mass is 496 g/mol. The van der Waals surface area contributed by atoms with Gasteiger partial charge in [-0.1, -0.05) is 30.7 Å². The van der Waals surface area contributed by atoms with E-state index in [1.165, 1.54) is 0 Å². The molecule has 8 nitrogen and oxygen atoms in total. The highest BCUT2D eigenvalue weighted by atomic mass is 35.5. The Morgan fingerprint density at radius 1 is 1.37 bits per heavy atom. The number of aliphatic hydroxyl groups excluding tert-OH is 1. The summed E-state index contributed by atoms with van der Waals surface area (Å²) in [5.74, 6) is -0.340. The number of anilines is 2. The molecule has 182 valence electrons. The van der Waals surface area contributed by atoms with Gasteiger partial charge in [0.05, 0.1) is 28.6 Å². The highest BCUT2D eigenvalue weighted by Gasteiger charge is 2.26. The lowest BCUT2D eigenvalue weighted by Gasteiger charge is -2.20. The normalized spacial score (nSPS) is 22.1. The summed E-state index contributed by atoms with van der Waals surface area (Å²) < 4.78 is 16.6. The van der Waals surface area contributed by atoms with Crippen molar-refractivity contribution in [1.82, 2.24) is 25.0 Å². The third-order valence-electron chi connectivity index (χ3n) is 6.52. The second kappa shape index (κ2) is 9.77. The SMILES string of the molecule is CC1C(F)=C(c2cnc3c(Nc4ccc(C(=O)NCC5CCNC5)c(Cl)c4)nccn23)C=CC1O. The molecule has 2 aliphatic rings. The van der Waals surface area contributed by atoms with E-state index in [2.05, 4.69) is 25.9 Å². The maximum atomic E-state index is 14.9. The zero-order chi connectivity index (χ0) is 24.5. The van der Waals surface area contributed by atoms with Crippen LogP contribution < -0.4 is 16.0 Å². The number of hydrogen-bond donors (Lipinski definition) is 4. The lowest BCUT2D eigenvalue weighted by Crippen LogP contribution is -2.30. The second-order valence-electron chi connectivity index (χ2n) is 8.90. The summed E-state index contributed by atoms with van der Waals surface area (Å²) in [6.07, 6.45) is 8.21. The van der Waals surface area contributed by atoms with E-state index in [1.807, 2.05) is 0 Å². The standard InChI is InChI=1S/C25H26ClFN6O2/c1-14-21(34)5-4-18(22(14)27)20-13-30-24-23(29-8-9-33(20)24)32-16-2-3-17(19(26)10-16)25(35)31-12-15-6-7-28-11-15/h2-5,8-10,13-15,21,28,34H,6-7,11-12H2,1H3,(H,29,32)(H,31,35). The summed E-state index contributed by atoms with van der Waals surface area (Å²) in [6.45, 7) is 4.14. The molecule has 4 N–H and O–H groups in total. The van der Waals surface area contributed by atoms with Gasteiger partial charge in [0.15, 0.2) is 11.5 Å². The number of allylic oxidation sites excluding steroid dienone is 2. The molecule has 35 heavy (non-hydrogen) atoms. The van der Waals surface area contributed by atoms with Crippen molar-refractivity contribution in [1.29, 1.82) is 0 Å². The Morgan fingerprint density at radius 2 is 2.23 bits per heavy atom. The number of rotatable bonds is 6. The molecule has 3 unspecified atom stereocenters. The minimum atomic E-state index is -0.855. The van der Waals surface area contributed by atoms with E-state index in [-0.39, 0.29) is 5.91 Å². The molecular formula is C25H26ClFN6O2. The fourth-order valence-corrected chi connectivity index (χ4v) is 4.65. The van der Waals surface area contributed by atoms with E-state index in [4.69, 9.17) is 11.6 Å². The largest absolute Gasteiger partial charge is 0.388 e. The predicted molar refractivity (Wildman–Crippen MR) is 133 cm³/mol. The van der Waals surface area contributed by atoms with Crippen molar-refractivity contribution in [3.63, 3.8) is 0 Å². The van der Waals surface area contributed by atoms with Gasteiger partial charge in [-0.2, -0.15) is 0 Å². The van der Waals surface area contributed by atoms with Crippen LogP contribution in [0.4, 0.5) is 15.9 Å². The smallest absolute Gasteiger partial charge is 0.252 e. The van der Waals surface area contributed by atoms with Crippen LogP contribution in [0.5, 0.6) is 0 Å². The summed E-state index contributed by atoms with van der Waals surface area (Å²) in [5, 5.41) is 19.6. The molecule has 5 rings (SSSR count). The average Bonchev–Trinajstić information content (AvgIpc) is 3.52. The van der Waals surface area contributed by atoms with Gasteiger partial charge in [-0.05, 0) is 43.6 Å². The topological polar surface area (TPSA) is 104 Å². The first kappa shape index (κ1) is 23.5. The number of fused-ring (bicyclic) bond motifs is 1. The van der Waals surface area contributed by atoms with Crippen LogP contribution in [-0.4, -0.2) is 51.1 Å². The number of nitrogens with one attached hydrogen (secondary N) is 3. The van der Waals surface area contributed by atoms with Gasteiger partial charge in [0.1, 0.15) is 5.83 Å². The van der Waals surface area contributed by atoms with Crippen molar-refractivity contribution in [3.05, 3.63) is 71.0 Å². The van der Waals surface area contributed by atoms with Gasteiger partial charge in [-0.15, -0.1) is 0 Å². The number of carbonyl (C=O) groups is 1. The highest BCUT2D eigenvalue weighted by molar-refractivity contribution is 6.34. The molecule has 1 saturated heterocycles. The lowest BCUT2D eigenvalue weighted by molar-refractivity contribution is 0.0948. The first-order chi connectivity index (χ1) is 16.9. The summed E-state index contributed by atoms with van der Waals surface area (Å²) in [6, 6.07) is 5.09. The molecule has 0 saturated carbocycles. The van der Waals surface area contributed by atoms with Crippen molar-refractivity contribution in [2.75, 3.05) is 25.0 Å². The van der Waals surface area contributed by atoms with Gasteiger partial charge in [0.2, 0.25) is 0 Å². The zero-order valence-corrected chi connectivity index (χ0v) is 19.9. The average molecular weight is 497 g/mol. The quantitative estimate of drug-likeness (QED) is 0.415. The fraction of sp³-hybridized carbons (Fsp3) is 0.320. The predicted octanol–water partition coefficient (Wildman–Crippen LogP) is 3.71. The lowest BCUT2D eigenvalue weighted by atomic mass is 9.92. The third kappa shape index (κ3) is 4.67. The Morgan fingerprint density at radius 3 is 3.00 bits per heavy atom. The van der Waals surface area contributed by atoms with Gasteiger partial charge in [-0.25, -0.2) is 14.4 Å². The highest BCUT2D eigenvalue weighted by Crippen LogP contribution is 2.34. The molecule has 1 aromatic carbocycles. The molecule has 0 bridgehead atoms. The Kier molecular flexibility index (Phi) is 6.55. The minimum Gasteiger partial charge on any atom is -0.388 e. The van der Waals surface area contributed by atoms with Crippen molar-refractivity contribution >= 4 is 40.2 Å². The maximum absolute atomic E-state index is 14.9. The summed E-state index contributed by atoms with van der Waals surface area (Å²) >= 11 is 6.42. The minimum absolute atomic E-state index is 0.207. The van der Waals surface area contributed by atoms with E-state index in [1.54, 1.807) is 60.3 Å². The molecule has 1 amide bonds. The van der Waals surface area contributed by atoms with Crippen LogP contribution in [0.2, 0.25) is 5.02 Å². The summed E-state index contributed by atoms with van der Waals surface area (Å²) in [5.41, 5.74) is 2.47. The van der Waals surface area contributed by atoms with Crippen molar-refractivity contribution in [3.8, 4) is 0 Å². The Hall–Kier alpha value is -3.27. The van der Waals surface area contributed by atoms with Crippen LogP contribution in [0.15, 0.2) is 54.8 Å². The fourth-order valence-electron chi connectivity index (χ4n) is 4.39. The van der Waals surface area contributed by atoms with Crippen molar-refractivity contribution in [2.45, 2.75) is 19.4 Å². The number of aromatic nitrogens is 3. The molecule has 3 heterocycles. The number of nitrogens with zero attached hydrogens (tertiary/aromatic N) is 3. The first-order valence-corrected chi connectivity index (χ1v) is 11.9. The molecule has 1 aliphatic heterocycles. The molecule has 10 heteroatoms. The molecule has 2 aromatic heterocycles. The molecule has 3 aromatic rings. The van der Waals surface area contributed by atoms with Crippen molar-refractivity contribution in [2.24, 2.45) is 11.8 Å². The van der Waals surface area contributed by atoms with Crippen molar-refractivity contribution < 1.29 is 14.3 Å². The van der Waals surface area contributed by atoms with Gasteiger partial charge in [0.25, 0.3) is 5.91 Å². The van der Waals surface area contributed by atoms with Crippen LogP contribution >= 0.6 is 11.6 Å². The van der Waals surface area contributed by atoms with Gasteiger partial charge in [0, 0.05) is 36.1 Å². The van der Waals surface area contributed by atoms with Crippen LogP contribution in [0.3, 0.4) is 0 Å². The third-order valence-corrected chi connectivity index (χ3v) is 6.84. The van der Waals surface area contributed by atoms with E-state index in [0.717, 1.165) is 19.5 Å². The summed E-state index contributed by atoms with van der Waals surface area (Å²) in [7, 11) is 0. The summed E-state index contributed by atoms with van der Waals surface area (Å²) in [4.78, 5) is 21.4. The van der Waals surface area contributed by atoms with Crippen LogP contribution in [0, 0.1) is 11.8 Å². The number of amides is 1. The second-order valence-corrected chi connectivity index (χ2v) is 9.31. The molecular weight excluding hydrogens is 471 g/mol. The molecule has 0 radical (unpaired) electrons. The molecule has 3 atom stereocenters. The van der Waals surface area contributed by atoms with Gasteiger partial charge in [-0.3, -0.25) is 9.20 Å². The Bertz CT molecular complexity index is 1330. The number of hydrogen-bond acceptors (Lipinski definition) is 6. The number of halogens is 2. The first-order valence-electron chi connectivity index (χ1n) is 11.6. The molecule has 1 fully saturated rings. The van der Waals surface area contributed by atoms with E-state index in [9.17, 15) is 14.3 Å². The van der Waals surface area contributed by atoms with Gasteiger partial charge < -0.3 is 21.1 Å². The molecule has 1 aliphatic carbocycles. The van der Waals surface area contributed by atoms with E-state index >= 15 is 0 Å². The van der Waals surface area contributed by atoms with Gasteiger partial charge >= 0.3 is 0 Å². The zero-order valence-electron chi connectivity index (χ0n) is 19.1. The Labute approximate surface area is 206 Å². The number of carbonyl (C=O) groups excluding carboxylic acids is 1. The van der Waals surface area contributed by atoms with Crippen LogP contribution in [0.25, 0.3) is 11.2 Å². The number of aliphatic hydroxyl groups is 1. The Balaban J connectivity index is 1.36. The van der Waals surface area contributed by atoms with Crippen LogP contribution in [-0.2, 0) is 0 Å². The van der Waals surface area contributed by atoms with Crippen LogP contribution in [0.1, 0.15) is 29.4 Å².